The van der Waals surface area contributed by atoms with Crippen molar-refractivity contribution < 1.29 is 57.8 Å². The third kappa shape index (κ3) is 25.3. The normalized spacial score (nSPS) is 16.3. The Kier molecular flexibility index (Phi) is 36.1. The summed E-state index contributed by atoms with van der Waals surface area (Å²) in [6.45, 7) is 37.7. The number of nitrogens with zero attached hydrogens (tertiary/aromatic N) is 6. The number of carbonyl (C=O) groups is 11. The minimum absolute atomic E-state index is 0.00494. The summed E-state index contributed by atoms with van der Waals surface area (Å²) in [4.78, 5) is 164. The number of nitrogens with one attached hydrogen (secondary N) is 4. The molecular weight excluding hydrogens is 1140 g/mol. The molecule has 22 nitrogen and oxygen atoms in total. The molecule has 22 heteroatoms. The molecule has 0 aromatic carbocycles. The van der Waals surface area contributed by atoms with E-state index in [2.05, 4.69) is 21.3 Å². The van der Waals surface area contributed by atoms with E-state index in [1.807, 2.05) is 89.2 Å². The molecule has 0 saturated carbocycles. The quantitative estimate of drug-likeness (QED) is 0.0441. The monoisotopic (exact) mass is 1260 g/mol. The van der Waals surface area contributed by atoms with E-state index in [-0.39, 0.29) is 72.9 Å². The van der Waals surface area contributed by atoms with Gasteiger partial charge in [0.15, 0.2) is 5.78 Å². The van der Waals surface area contributed by atoms with E-state index in [9.17, 15) is 48.3 Å². The van der Waals surface area contributed by atoms with Crippen LogP contribution in [0.4, 0.5) is 0 Å². The van der Waals surface area contributed by atoms with Crippen molar-refractivity contribution in [1.29, 1.82) is 0 Å². The van der Waals surface area contributed by atoms with Gasteiger partial charge >= 0.3 is 0 Å². The third-order valence-electron chi connectivity index (χ3n) is 16.8. The first-order chi connectivity index (χ1) is 40.9. The second-order valence-electron chi connectivity index (χ2n) is 28.0. The molecule has 89 heavy (non-hydrogen) atoms. The maximum atomic E-state index is 15.1. The highest BCUT2D eigenvalue weighted by Gasteiger charge is 2.45. The molecule has 4 unspecified atom stereocenters. The molecule has 0 aliphatic heterocycles. The van der Waals surface area contributed by atoms with Crippen LogP contribution < -0.4 is 21.3 Å². The van der Waals surface area contributed by atoms with Crippen LogP contribution >= 0.6 is 0 Å². The van der Waals surface area contributed by atoms with E-state index >= 15 is 9.59 Å². The Bertz CT molecular complexity index is 2370. The summed E-state index contributed by atoms with van der Waals surface area (Å²) in [6.07, 6.45) is 3.97. The lowest BCUT2D eigenvalue weighted by Gasteiger charge is -2.41. The highest BCUT2D eigenvalue weighted by molar-refractivity contribution is 5.99. The van der Waals surface area contributed by atoms with Gasteiger partial charge in [-0.3, -0.25) is 52.7 Å². The van der Waals surface area contributed by atoms with Gasteiger partial charge in [0.25, 0.3) is 0 Å². The Labute approximate surface area is 535 Å². The van der Waals surface area contributed by atoms with Gasteiger partial charge < -0.3 is 55.8 Å². The summed E-state index contributed by atoms with van der Waals surface area (Å²) in [6, 6.07) is -11.3. The SMILES string of the molecule is C/C=C\C[C@@H](C)C(O)[C@@H](C(=O)NC(CC)C(=O)N(C)C(CC(C)C)C(=O)N(C)[C@@H](CC(C)C)C(=O)N[C@H](C(=O)N(C)[C@@H](CC(C)C)C(=O)N[C@H](C)C(=O)N[C@@H](C)C(C)=O)C(C)C)N(C)C(=O)C(C(C)C)N(C)C(=O)[C@H](CC(C)C)N(C)C(=O)[C@H](C)CC(C)C. The number of likely N-dealkylation sites (N-methyl/N-ethyl adjacent to an activating group) is 6. The molecule has 0 aliphatic rings. The van der Waals surface area contributed by atoms with E-state index in [1.54, 1.807) is 54.7 Å². The topological polar surface area (TPSA) is 276 Å². The maximum absolute atomic E-state index is 15.1. The van der Waals surface area contributed by atoms with Crippen LogP contribution in [0.1, 0.15) is 190 Å². The van der Waals surface area contributed by atoms with Crippen LogP contribution in [0.2, 0.25) is 0 Å². The number of carbonyl (C=O) groups excluding carboxylic acids is 11. The van der Waals surface area contributed by atoms with E-state index in [1.165, 1.54) is 80.5 Å². The zero-order valence-electron chi connectivity index (χ0n) is 59.8. The van der Waals surface area contributed by atoms with Crippen LogP contribution in [0.25, 0.3) is 0 Å². The van der Waals surface area contributed by atoms with Gasteiger partial charge in [0.1, 0.15) is 54.4 Å². The molecule has 0 rings (SSSR count). The van der Waals surface area contributed by atoms with Gasteiger partial charge in [-0.25, -0.2) is 0 Å². The summed E-state index contributed by atoms with van der Waals surface area (Å²) >= 11 is 0. The average molecular weight is 1260 g/mol. The standard InChI is InChI=1S/C67H122N10O12/c1-28-30-31-44(17)57(79)56(77(27)67(89)55(43(15)16)76(26)65(87)53(36-41(11)12)74(24)62(84)45(18)32-37(3)4)61(83)70-49(29-2)63(85)75(25)52(35-40(9)10)64(86)72(22)51(34-39(7)8)60(82)71-54(42(13)14)66(88)73(23)50(33-38(5)6)59(81)69-47(20)58(80)68-46(19)48(21)78/h28,30,37-47,49-57,79H,29,31-36H2,1-27H3,(H,68,80)(H,69,81)(H,70,83)(H,71,82)/b30-28-/t44-,45-,46+,47-,49?,50+,51+,52?,53+,54+,55?,56+,57?/m1/s1. The van der Waals surface area contributed by atoms with Crippen molar-refractivity contribution in [3.05, 3.63) is 12.2 Å². The largest absolute Gasteiger partial charge is 0.390 e. The highest BCUT2D eigenvalue weighted by Crippen LogP contribution is 2.26. The van der Waals surface area contributed by atoms with Crippen molar-refractivity contribution in [1.82, 2.24) is 50.7 Å². The number of amides is 10. The number of ketones is 1. The molecule has 0 heterocycles. The second kappa shape index (κ2) is 38.7. The molecule has 0 aromatic heterocycles. The van der Waals surface area contributed by atoms with Crippen molar-refractivity contribution >= 4 is 64.9 Å². The summed E-state index contributed by atoms with van der Waals surface area (Å²) in [5, 5.41) is 23.1. The summed E-state index contributed by atoms with van der Waals surface area (Å²) in [5.41, 5.74) is 0. The molecule has 512 valence electrons. The second-order valence-corrected chi connectivity index (χ2v) is 28.0. The van der Waals surface area contributed by atoms with Crippen molar-refractivity contribution in [3.63, 3.8) is 0 Å². The molecule has 0 aliphatic carbocycles. The zero-order chi connectivity index (χ0) is 69.6. The third-order valence-corrected chi connectivity index (χ3v) is 16.8. The zero-order valence-corrected chi connectivity index (χ0v) is 59.8. The number of rotatable bonds is 38. The highest BCUT2D eigenvalue weighted by atomic mass is 16.3. The summed E-state index contributed by atoms with van der Waals surface area (Å²) in [5.74, 6) is -8.15. The lowest BCUT2D eigenvalue weighted by molar-refractivity contribution is -0.156. The fraction of sp³-hybridized carbons (Fsp3) is 0.806. The first-order valence-electron chi connectivity index (χ1n) is 32.6. The van der Waals surface area contributed by atoms with Crippen LogP contribution in [0.3, 0.4) is 0 Å². The Morgan fingerprint density at radius 3 is 1.19 bits per heavy atom. The molecule has 0 saturated heterocycles. The van der Waals surface area contributed by atoms with Crippen LogP contribution in [-0.4, -0.2) is 208 Å². The summed E-state index contributed by atoms with van der Waals surface area (Å²) < 4.78 is 0. The number of hydrogen-bond acceptors (Lipinski definition) is 12. The van der Waals surface area contributed by atoms with Crippen LogP contribution in [0.15, 0.2) is 12.2 Å². The molecule has 0 bridgehead atoms. The molecule has 13 atom stereocenters. The van der Waals surface area contributed by atoms with Crippen molar-refractivity contribution in [2.45, 2.75) is 257 Å². The fourth-order valence-electron chi connectivity index (χ4n) is 11.1. The molecule has 10 amide bonds. The number of Topliss-reactive ketones (excluding diaryl/α,β-unsaturated/α-hetero) is 1. The van der Waals surface area contributed by atoms with Gasteiger partial charge in [-0.05, 0) is 120 Å². The van der Waals surface area contributed by atoms with Crippen molar-refractivity contribution in [3.8, 4) is 0 Å². The molecule has 0 aromatic rings. The number of aliphatic hydroxyl groups excluding tert-OH is 1. The summed E-state index contributed by atoms with van der Waals surface area (Å²) in [7, 11) is 8.89. The van der Waals surface area contributed by atoms with Gasteiger partial charge in [0, 0.05) is 48.2 Å². The minimum atomic E-state index is -1.58. The molecular formula is C67H122N10O12. The van der Waals surface area contributed by atoms with Crippen molar-refractivity contribution in [2.75, 3.05) is 42.3 Å². The first-order valence-corrected chi connectivity index (χ1v) is 32.6. The number of allylic oxidation sites excluding steroid dienone is 2. The molecule has 0 spiro atoms. The van der Waals surface area contributed by atoms with E-state index in [4.69, 9.17) is 0 Å². The van der Waals surface area contributed by atoms with Crippen molar-refractivity contribution in [2.24, 2.45) is 53.3 Å². The number of hydrogen-bond donors (Lipinski definition) is 5. The van der Waals surface area contributed by atoms with Gasteiger partial charge in [0.05, 0.1) is 12.1 Å². The van der Waals surface area contributed by atoms with E-state index in [0.29, 0.717) is 19.3 Å². The first kappa shape index (κ1) is 83.1. The molecule has 5 N–H and O–H groups in total. The Morgan fingerprint density at radius 2 is 0.787 bits per heavy atom. The Balaban J connectivity index is 7.37. The maximum Gasteiger partial charge on any atom is 0.246 e. The average Bonchev–Trinajstić information content (AvgIpc) is 1.12. The van der Waals surface area contributed by atoms with Crippen LogP contribution in [-0.2, 0) is 52.7 Å². The van der Waals surface area contributed by atoms with Gasteiger partial charge in [-0.2, -0.15) is 0 Å². The smallest absolute Gasteiger partial charge is 0.246 e. The predicted octanol–water partition coefficient (Wildman–Crippen LogP) is 6.07. The Hall–Kier alpha value is -5.93. The van der Waals surface area contributed by atoms with E-state index < -0.39 is 137 Å². The van der Waals surface area contributed by atoms with Crippen LogP contribution in [0.5, 0.6) is 0 Å². The molecule has 0 fully saturated rings. The van der Waals surface area contributed by atoms with E-state index in [0.717, 1.165) is 4.90 Å². The fourth-order valence-corrected chi connectivity index (χ4v) is 11.1. The van der Waals surface area contributed by atoms with Gasteiger partial charge in [-0.1, -0.05) is 130 Å². The molecule has 0 radical (unpaired) electrons. The predicted molar refractivity (Wildman–Crippen MR) is 350 cm³/mol. The number of aliphatic hydroxyl groups is 1. The minimum Gasteiger partial charge on any atom is -0.390 e. The lowest BCUT2D eigenvalue weighted by atomic mass is 9.91. The van der Waals surface area contributed by atoms with Gasteiger partial charge in [-0.15, -0.1) is 0 Å². The Morgan fingerprint density at radius 1 is 0.404 bits per heavy atom. The van der Waals surface area contributed by atoms with Gasteiger partial charge in [0.2, 0.25) is 59.1 Å². The lowest BCUT2D eigenvalue weighted by Crippen LogP contribution is -2.63. The van der Waals surface area contributed by atoms with Crippen LogP contribution in [0, 0.1) is 53.3 Å².